The second kappa shape index (κ2) is 5.68. The van der Waals surface area contributed by atoms with Crippen LogP contribution in [0.2, 0.25) is 0 Å². The normalized spacial score (nSPS) is 13.8. The highest BCUT2D eigenvalue weighted by atomic mass is 31.2. The van der Waals surface area contributed by atoms with Crippen molar-refractivity contribution >= 4 is 19.8 Å². The molecule has 0 aliphatic rings. The van der Waals surface area contributed by atoms with Gasteiger partial charge in [0.1, 0.15) is 0 Å². The highest BCUT2D eigenvalue weighted by Gasteiger charge is 2.33. The molecule has 0 amide bonds. The summed E-state index contributed by atoms with van der Waals surface area (Å²) in [5.41, 5.74) is 0.0297. The van der Waals surface area contributed by atoms with Gasteiger partial charge < -0.3 is 9.05 Å². The molecule has 0 aromatic rings. The fourth-order valence-electron chi connectivity index (χ4n) is 0.566. The van der Waals surface area contributed by atoms with Crippen molar-refractivity contribution in [3.05, 3.63) is 12.2 Å². The van der Waals surface area contributed by atoms with Gasteiger partial charge >= 0.3 is 19.8 Å². The van der Waals surface area contributed by atoms with Crippen LogP contribution in [0.1, 0.15) is 20.8 Å². The minimum Gasteiger partial charge on any atom is -0.362 e. The number of phosphoric ester groups is 1. The minimum absolute atomic E-state index is 0.0198. The molecule has 7 heteroatoms. The number of hydrogen-bond acceptors (Lipinski definition) is 6. The number of carbonyl (C=O) groups is 2. The lowest BCUT2D eigenvalue weighted by atomic mass is 10.4. The zero-order chi connectivity index (χ0) is 12.1. The van der Waals surface area contributed by atoms with E-state index in [-0.39, 0.29) is 12.2 Å². The van der Waals surface area contributed by atoms with Gasteiger partial charge in [0.15, 0.2) is 0 Å². The molecule has 0 aromatic carbocycles. The summed E-state index contributed by atoms with van der Waals surface area (Å²) in [7, 11) is -4.15. The van der Waals surface area contributed by atoms with Gasteiger partial charge in [-0.3, -0.25) is 9.32 Å². The van der Waals surface area contributed by atoms with Crippen molar-refractivity contribution in [2.24, 2.45) is 0 Å². The Balaban J connectivity index is 4.65. The van der Waals surface area contributed by atoms with Crippen LogP contribution >= 0.6 is 7.82 Å². The molecule has 15 heavy (non-hydrogen) atoms. The standard InChI is InChI=1S/C8H13O6P/c1-5-12-15(11,13-7(4)9)14-8(10)6(2)3/h2,5H2,1,3-4H3. The molecular formula is C8H13O6P. The molecule has 0 aliphatic heterocycles. The van der Waals surface area contributed by atoms with Crippen LogP contribution in [0.5, 0.6) is 0 Å². The van der Waals surface area contributed by atoms with Crippen LogP contribution < -0.4 is 0 Å². The molecule has 0 bridgehead atoms. The van der Waals surface area contributed by atoms with Gasteiger partial charge in [-0.05, 0) is 13.8 Å². The number of carbonyl (C=O) groups excluding carboxylic acids is 2. The summed E-state index contributed by atoms with van der Waals surface area (Å²) >= 11 is 0. The molecule has 86 valence electrons. The van der Waals surface area contributed by atoms with E-state index >= 15 is 0 Å². The predicted octanol–water partition coefficient (Wildman–Crippen LogP) is 1.81. The molecule has 0 N–H and O–H groups in total. The van der Waals surface area contributed by atoms with Crippen molar-refractivity contribution in [2.75, 3.05) is 6.61 Å². The van der Waals surface area contributed by atoms with Crippen molar-refractivity contribution < 1.29 is 27.7 Å². The predicted molar refractivity (Wildman–Crippen MR) is 51.9 cm³/mol. The van der Waals surface area contributed by atoms with E-state index in [1.54, 1.807) is 0 Å². The fraction of sp³-hybridized carbons (Fsp3) is 0.500. The van der Waals surface area contributed by atoms with Gasteiger partial charge in [-0.15, -0.1) is 0 Å². The van der Waals surface area contributed by atoms with Crippen LogP contribution in [0.3, 0.4) is 0 Å². The molecule has 6 nitrogen and oxygen atoms in total. The largest absolute Gasteiger partial charge is 0.592 e. The Kier molecular flexibility index (Phi) is 5.25. The monoisotopic (exact) mass is 236 g/mol. The van der Waals surface area contributed by atoms with Crippen molar-refractivity contribution in [3.63, 3.8) is 0 Å². The van der Waals surface area contributed by atoms with Crippen molar-refractivity contribution in [3.8, 4) is 0 Å². The van der Waals surface area contributed by atoms with Gasteiger partial charge in [0, 0.05) is 12.5 Å². The van der Waals surface area contributed by atoms with E-state index in [9.17, 15) is 14.2 Å². The summed E-state index contributed by atoms with van der Waals surface area (Å²) in [6, 6.07) is 0. The van der Waals surface area contributed by atoms with E-state index in [0.29, 0.717) is 0 Å². The van der Waals surface area contributed by atoms with Crippen LogP contribution in [0.4, 0.5) is 0 Å². The second-order valence-electron chi connectivity index (χ2n) is 2.61. The smallest absolute Gasteiger partial charge is 0.362 e. The zero-order valence-electron chi connectivity index (χ0n) is 8.81. The second-order valence-corrected chi connectivity index (χ2v) is 4.12. The first-order chi connectivity index (χ1) is 6.80. The highest BCUT2D eigenvalue weighted by molar-refractivity contribution is 7.49. The first-order valence-electron chi connectivity index (χ1n) is 4.15. The maximum absolute atomic E-state index is 11.6. The van der Waals surface area contributed by atoms with Crippen molar-refractivity contribution in [1.29, 1.82) is 0 Å². The van der Waals surface area contributed by atoms with Gasteiger partial charge in [0.05, 0.1) is 6.61 Å². The molecule has 0 aliphatic carbocycles. The molecule has 0 heterocycles. The average molecular weight is 236 g/mol. The van der Waals surface area contributed by atoms with E-state index in [2.05, 4.69) is 20.2 Å². The van der Waals surface area contributed by atoms with E-state index in [0.717, 1.165) is 6.92 Å². The molecule has 1 atom stereocenters. The molecule has 0 spiro atoms. The van der Waals surface area contributed by atoms with Gasteiger partial charge in [0.2, 0.25) is 0 Å². The molecule has 0 saturated heterocycles. The summed E-state index contributed by atoms with van der Waals surface area (Å²) < 4.78 is 24.9. The highest BCUT2D eigenvalue weighted by Crippen LogP contribution is 2.49. The maximum Gasteiger partial charge on any atom is 0.592 e. The fourth-order valence-corrected chi connectivity index (χ4v) is 1.70. The van der Waals surface area contributed by atoms with E-state index in [1.807, 2.05) is 0 Å². The summed E-state index contributed by atoms with van der Waals surface area (Å²) in [6.07, 6.45) is 0. The first kappa shape index (κ1) is 13.9. The summed E-state index contributed by atoms with van der Waals surface area (Å²) in [4.78, 5) is 21.6. The maximum atomic E-state index is 11.6. The minimum atomic E-state index is -4.15. The van der Waals surface area contributed by atoms with Crippen LogP contribution in [0, 0.1) is 0 Å². The lowest BCUT2D eigenvalue weighted by Gasteiger charge is -2.14. The summed E-state index contributed by atoms with van der Waals surface area (Å²) in [6.45, 7) is 7.18. The Morgan fingerprint density at radius 1 is 1.27 bits per heavy atom. The van der Waals surface area contributed by atoms with Crippen LogP contribution in [0.25, 0.3) is 0 Å². The Morgan fingerprint density at radius 3 is 2.13 bits per heavy atom. The van der Waals surface area contributed by atoms with Gasteiger partial charge in [-0.1, -0.05) is 6.58 Å². The molecule has 0 saturated carbocycles. The average Bonchev–Trinajstić information content (AvgIpc) is 2.01. The first-order valence-corrected chi connectivity index (χ1v) is 5.61. The van der Waals surface area contributed by atoms with Gasteiger partial charge in [0.25, 0.3) is 0 Å². The number of phosphoric acid groups is 1. The van der Waals surface area contributed by atoms with Crippen LogP contribution in [-0.2, 0) is 27.7 Å². The molecule has 1 unspecified atom stereocenters. The Bertz CT molecular complexity index is 321. The van der Waals surface area contributed by atoms with E-state index < -0.39 is 19.8 Å². The van der Waals surface area contributed by atoms with Gasteiger partial charge in [-0.25, -0.2) is 9.36 Å². The van der Waals surface area contributed by atoms with Gasteiger partial charge in [-0.2, -0.15) is 0 Å². The lowest BCUT2D eigenvalue weighted by Crippen LogP contribution is -2.09. The summed E-state index contributed by atoms with van der Waals surface area (Å²) in [5.74, 6) is -1.80. The lowest BCUT2D eigenvalue weighted by molar-refractivity contribution is -0.137. The number of hydrogen-bond donors (Lipinski definition) is 0. The van der Waals surface area contributed by atoms with Crippen molar-refractivity contribution in [2.45, 2.75) is 20.8 Å². The third-order valence-corrected chi connectivity index (χ3v) is 2.52. The molecule has 0 aromatic heterocycles. The molecule has 0 fully saturated rings. The SMILES string of the molecule is C=C(C)C(=O)OP(=O)(OCC)OC(C)=O. The Hall–Kier alpha value is -1.13. The molecular weight excluding hydrogens is 223 g/mol. The van der Waals surface area contributed by atoms with Crippen LogP contribution in [-0.4, -0.2) is 18.5 Å². The van der Waals surface area contributed by atoms with Crippen LogP contribution in [0.15, 0.2) is 12.2 Å². The summed E-state index contributed by atoms with van der Waals surface area (Å²) in [5, 5.41) is 0. The third kappa shape index (κ3) is 5.34. The number of rotatable bonds is 5. The Labute approximate surface area is 87.8 Å². The molecule has 0 radical (unpaired) electrons. The van der Waals surface area contributed by atoms with E-state index in [4.69, 9.17) is 0 Å². The van der Waals surface area contributed by atoms with E-state index in [1.165, 1.54) is 13.8 Å². The van der Waals surface area contributed by atoms with Crippen molar-refractivity contribution in [1.82, 2.24) is 0 Å². The quantitative estimate of drug-likeness (QED) is 0.535. The topological polar surface area (TPSA) is 78.9 Å². The Morgan fingerprint density at radius 2 is 1.80 bits per heavy atom. The third-order valence-electron chi connectivity index (χ3n) is 1.07. The molecule has 0 rings (SSSR count). The zero-order valence-corrected chi connectivity index (χ0v) is 9.71.